The van der Waals surface area contributed by atoms with Crippen molar-refractivity contribution in [2.45, 2.75) is 38.2 Å². The first-order chi connectivity index (χ1) is 11.0. The van der Waals surface area contributed by atoms with Crippen molar-refractivity contribution in [3.63, 3.8) is 0 Å². The van der Waals surface area contributed by atoms with Crippen molar-refractivity contribution < 1.29 is 5.11 Å². The highest BCUT2D eigenvalue weighted by molar-refractivity contribution is 7.99. The minimum Gasteiger partial charge on any atom is -0.387 e. The summed E-state index contributed by atoms with van der Waals surface area (Å²) < 4.78 is 0. The molecule has 1 saturated heterocycles. The van der Waals surface area contributed by atoms with E-state index in [0.717, 1.165) is 30.4 Å². The Hall–Kier alpha value is -1.20. The van der Waals surface area contributed by atoms with Crippen LogP contribution in [0.1, 0.15) is 32.8 Å². The number of thioether (sulfide) groups is 1. The van der Waals surface area contributed by atoms with E-state index in [0.29, 0.717) is 13.1 Å². The molecule has 0 bridgehead atoms. The smallest absolute Gasteiger partial charge is 0.191 e. The molecule has 1 aliphatic heterocycles. The number of benzene rings is 1. The first-order valence-electron chi connectivity index (χ1n) is 8.33. The standard InChI is InChI=1S/C18H29N3OS/c1-4-19-16(21-13-18(22)10-11-23-14-18)20-12-17(2,3)15-8-6-5-7-9-15/h5-9,22H,4,10-14H2,1-3H3,(H2,19,20,21). The quantitative estimate of drug-likeness (QED) is 0.552. The molecular weight excluding hydrogens is 306 g/mol. The predicted octanol–water partition coefficient (Wildman–Crippen LogP) is 2.39. The van der Waals surface area contributed by atoms with Crippen molar-refractivity contribution in [3.05, 3.63) is 35.9 Å². The molecule has 3 N–H and O–H groups in total. The van der Waals surface area contributed by atoms with Gasteiger partial charge in [0.05, 0.1) is 12.1 Å². The molecule has 1 unspecified atom stereocenters. The summed E-state index contributed by atoms with van der Waals surface area (Å²) in [4.78, 5) is 4.73. The summed E-state index contributed by atoms with van der Waals surface area (Å²) in [5.41, 5.74) is 0.657. The first-order valence-corrected chi connectivity index (χ1v) is 9.48. The lowest BCUT2D eigenvalue weighted by molar-refractivity contribution is 0.0724. The average Bonchev–Trinajstić information content (AvgIpc) is 2.98. The van der Waals surface area contributed by atoms with Crippen LogP contribution in [0.2, 0.25) is 0 Å². The third-order valence-electron chi connectivity index (χ3n) is 4.20. The molecule has 1 atom stereocenters. The van der Waals surface area contributed by atoms with Gasteiger partial charge in [0.15, 0.2) is 5.96 Å². The van der Waals surface area contributed by atoms with Crippen LogP contribution in [0.15, 0.2) is 35.3 Å². The molecule has 2 rings (SSSR count). The summed E-state index contributed by atoms with van der Waals surface area (Å²) in [5.74, 6) is 2.61. The van der Waals surface area contributed by atoms with Gasteiger partial charge < -0.3 is 15.7 Å². The molecule has 0 radical (unpaired) electrons. The van der Waals surface area contributed by atoms with Crippen molar-refractivity contribution in [2.75, 3.05) is 31.1 Å². The number of hydrogen-bond acceptors (Lipinski definition) is 3. The molecule has 128 valence electrons. The fraction of sp³-hybridized carbons (Fsp3) is 0.611. The Kier molecular flexibility index (Phi) is 6.36. The second-order valence-electron chi connectivity index (χ2n) is 6.83. The molecule has 23 heavy (non-hydrogen) atoms. The van der Waals surface area contributed by atoms with Gasteiger partial charge in [-0.1, -0.05) is 44.2 Å². The van der Waals surface area contributed by atoms with Crippen LogP contribution in [-0.4, -0.2) is 47.8 Å². The Balaban J connectivity index is 1.97. The number of hydrogen-bond donors (Lipinski definition) is 3. The normalized spacial score (nSPS) is 22.2. The van der Waals surface area contributed by atoms with E-state index in [2.05, 4.69) is 55.7 Å². The van der Waals surface area contributed by atoms with Gasteiger partial charge in [-0.25, -0.2) is 0 Å². The van der Waals surface area contributed by atoms with Crippen molar-refractivity contribution in [1.29, 1.82) is 0 Å². The summed E-state index contributed by atoms with van der Waals surface area (Å²) in [6.45, 7) is 8.52. The lowest BCUT2D eigenvalue weighted by Gasteiger charge is -2.25. The third kappa shape index (κ3) is 5.43. The number of aliphatic hydroxyl groups is 1. The molecule has 0 spiro atoms. The number of nitrogens with one attached hydrogen (secondary N) is 2. The van der Waals surface area contributed by atoms with E-state index in [1.165, 1.54) is 5.56 Å². The van der Waals surface area contributed by atoms with Crippen molar-refractivity contribution >= 4 is 17.7 Å². The lowest BCUT2D eigenvalue weighted by atomic mass is 9.85. The molecule has 4 nitrogen and oxygen atoms in total. The van der Waals surface area contributed by atoms with E-state index in [-0.39, 0.29) is 5.41 Å². The maximum Gasteiger partial charge on any atom is 0.191 e. The molecule has 1 fully saturated rings. The van der Waals surface area contributed by atoms with E-state index in [1.54, 1.807) is 0 Å². The van der Waals surface area contributed by atoms with E-state index < -0.39 is 5.60 Å². The molecule has 0 aliphatic carbocycles. The number of rotatable bonds is 6. The summed E-state index contributed by atoms with van der Waals surface area (Å²) in [6, 6.07) is 10.5. The van der Waals surface area contributed by atoms with Gasteiger partial charge in [0.1, 0.15) is 0 Å². The Morgan fingerprint density at radius 2 is 2.04 bits per heavy atom. The Labute approximate surface area is 144 Å². The van der Waals surface area contributed by atoms with Crippen LogP contribution in [0.5, 0.6) is 0 Å². The molecule has 1 aromatic rings. The molecule has 1 aromatic carbocycles. The van der Waals surface area contributed by atoms with Crippen LogP contribution in [0.4, 0.5) is 0 Å². The monoisotopic (exact) mass is 335 g/mol. The van der Waals surface area contributed by atoms with Crippen LogP contribution in [0.3, 0.4) is 0 Å². The van der Waals surface area contributed by atoms with Crippen molar-refractivity contribution in [3.8, 4) is 0 Å². The fourth-order valence-electron chi connectivity index (χ4n) is 2.58. The van der Waals surface area contributed by atoms with Gasteiger partial charge in [-0.15, -0.1) is 0 Å². The zero-order chi connectivity index (χ0) is 16.8. The van der Waals surface area contributed by atoms with Crippen LogP contribution in [-0.2, 0) is 5.41 Å². The molecular formula is C18H29N3OS. The van der Waals surface area contributed by atoms with Gasteiger partial charge in [0.2, 0.25) is 0 Å². The summed E-state index contributed by atoms with van der Waals surface area (Å²) in [7, 11) is 0. The minimum absolute atomic E-state index is 0.0241. The number of nitrogens with zero attached hydrogens (tertiary/aromatic N) is 1. The molecule has 5 heteroatoms. The fourth-order valence-corrected chi connectivity index (χ4v) is 3.88. The highest BCUT2D eigenvalue weighted by atomic mass is 32.2. The lowest BCUT2D eigenvalue weighted by Crippen LogP contribution is -2.47. The topological polar surface area (TPSA) is 56.7 Å². The predicted molar refractivity (Wildman–Crippen MR) is 100 cm³/mol. The highest BCUT2D eigenvalue weighted by Gasteiger charge is 2.31. The van der Waals surface area contributed by atoms with Gasteiger partial charge in [0.25, 0.3) is 0 Å². The van der Waals surface area contributed by atoms with Crippen LogP contribution in [0, 0.1) is 0 Å². The van der Waals surface area contributed by atoms with E-state index in [1.807, 2.05) is 17.8 Å². The Morgan fingerprint density at radius 1 is 1.30 bits per heavy atom. The molecule has 1 heterocycles. The summed E-state index contributed by atoms with van der Waals surface area (Å²) in [6.07, 6.45) is 0.847. The van der Waals surface area contributed by atoms with Gasteiger partial charge in [-0.3, -0.25) is 4.99 Å². The second kappa shape index (κ2) is 8.06. The maximum absolute atomic E-state index is 10.4. The van der Waals surface area contributed by atoms with Crippen molar-refractivity contribution in [1.82, 2.24) is 10.6 Å². The largest absolute Gasteiger partial charge is 0.387 e. The van der Waals surface area contributed by atoms with Crippen LogP contribution < -0.4 is 10.6 Å². The number of aliphatic imine (C=N–C) groups is 1. The average molecular weight is 336 g/mol. The van der Waals surface area contributed by atoms with Gasteiger partial charge in [0, 0.05) is 24.3 Å². The maximum atomic E-state index is 10.4. The molecule has 0 amide bonds. The zero-order valence-corrected chi connectivity index (χ0v) is 15.2. The molecule has 1 aliphatic rings. The van der Waals surface area contributed by atoms with Gasteiger partial charge >= 0.3 is 0 Å². The highest BCUT2D eigenvalue weighted by Crippen LogP contribution is 2.27. The van der Waals surface area contributed by atoms with Crippen LogP contribution in [0.25, 0.3) is 0 Å². The second-order valence-corrected chi connectivity index (χ2v) is 7.93. The first kappa shape index (κ1) is 18.1. The SMILES string of the molecule is CCNC(=NCC(C)(C)c1ccccc1)NCC1(O)CCSC1. The third-order valence-corrected chi connectivity index (χ3v) is 5.43. The zero-order valence-electron chi connectivity index (χ0n) is 14.4. The van der Waals surface area contributed by atoms with E-state index >= 15 is 0 Å². The van der Waals surface area contributed by atoms with Crippen molar-refractivity contribution in [2.24, 2.45) is 4.99 Å². The number of guanidine groups is 1. The summed E-state index contributed by atoms with van der Waals surface area (Å²) in [5, 5.41) is 17.0. The van der Waals surface area contributed by atoms with Gasteiger partial charge in [-0.05, 0) is 24.7 Å². The molecule has 0 aromatic heterocycles. The Morgan fingerprint density at radius 3 is 2.65 bits per heavy atom. The van der Waals surface area contributed by atoms with E-state index in [4.69, 9.17) is 4.99 Å². The van der Waals surface area contributed by atoms with Gasteiger partial charge in [-0.2, -0.15) is 11.8 Å². The molecule has 0 saturated carbocycles. The minimum atomic E-state index is -0.601. The van der Waals surface area contributed by atoms with E-state index in [9.17, 15) is 5.11 Å². The van der Waals surface area contributed by atoms with Crippen LogP contribution >= 0.6 is 11.8 Å². The Bertz CT molecular complexity index is 510. The summed E-state index contributed by atoms with van der Waals surface area (Å²) >= 11 is 1.81.